The van der Waals surface area contributed by atoms with Crippen molar-refractivity contribution in [1.82, 2.24) is 14.7 Å². The summed E-state index contributed by atoms with van der Waals surface area (Å²) in [6.07, 6.45) is 14.0. The van der Waals surface area contributed by atoms with Crippen LogP contribution >= 0.6 is 0 Å². The summed E-state index contributed by atoms with van der Waals surface area (Å²) in [4.78, 5) is 23.0. The van der Waals surface area contributed by atoms with E-state index in [4.69, 9.17) is 0 Å². The van der Waals surface area contributed by atoms with Crippen LogP contribution in [0.1, 0.15) is 75.7 Å². The van der Waals surface area contributed by atoms with Crippen molar-refractivity contribution >= 4 is 11.6 Å². The number of nitrogens with zero attached hydrogens (tertiary/aromatic N) is 4. The van der Waals surface area contributed by atoms with Gasteiger partial charge < -0.3 is 19.8 Å². The number of carbonyl (C=O) groups is 1. The molecule has 3 heterocycles. The highest BCUT2D eigenvalue weighted by Gasteiger charge is 2.38. The molecule has 1 aromatic carbocycles. The molecule has 1 N–H and O–H groups in total. The molecule has 1 fully saturated rings. The third-order valence-electron chi connectivity index (χ3n) is 9.41. The normalized spacial score (nSPS) is 22.5. The second-order valence-corrected chi connectivity index (χ2v) is 12.9. The first-order valence-corrected chi connectivity index (χ1v) is 15.7. The summed E-state index contributed by atoms with van der Waals surface area (Å²) in [7, 11) is 0. The Bertz CT molecular complexity index is 1140. The van der Waals surface area contributed by atoms with E-state index in [0.717, 1.165) is 56.7 Å². The fourth-order valence-electron chi connectivity index (χ4n) is 7.28. The summed E-state index contributed by atoms with van der Waals surface area (Å²) in [5.41, 5.74) is 5.80. The highest BCUT2D eigenvalue weighted by molar-refractivity contribution is 5.98. The monoisotopic (exact) mass is 546 g/mol. The predicted octanol–water partition coefficient (Wildman–Crippen LogP) is 5.00. The van der Waals surface area contributed by atoms with Gasteiger partial charge in [-0.25, -0.2) is 0 Å². The first-order chi connectivity index (χ1) is 19.3. The molecule has 0 spiro atoms. The number of aliphatic hydroxyl groups is 1. The van der Waals surface area contributed by atoms with Crippen LogP contribution in [0.4, 0.5) is 5.69 Å². The Morgan fingerprint density at radius 3 is 2.52 bits per heavy atom. The number of anilines is 1. The minimum absolute atomic E-state index is 0.0530. The van der Waals surface area contributed by atoms with E-state index in [1.54, 1.807) is 0 Å². The number of β-amino-alcohol motifs (C(OH)–C–C–N with tert-alkyl or cyclic N) is 1. The number of rotatable bonds is 9. The van der Waals surface area contributed by atoms with E-state index in [2.05, 4.69) is 78.8 Å². The summed E-state index contributed by atoms with van der Waals surface area (Å²) in [6.45, 7) is 16.9. The van der Waals surface area contributed by atoms with Gasteiger partial charge in [-0.3, -0.25) is 9.69 Å². The smallest absolute Gasteiger partial charge is 0.254 e. The van der Waals surface area contributed by atoms with Crippen molar-refractivity contribution in [3.63, 3.8) is 0 Å². The Morgan fingerprint density at radius 1 is 1.05 bits per heavy atom. The van der Waals surface area contributed by atoms with E-state index >= 15 is 0 Å². The molecular weight excluding hydrogens is 496 g/mol. The van der Waals surface area contributed by atoms with Crippen LogP contribution in [0.5, 0.6) is 0 Å². The van der Waals surface area contributed by atoms with Crippen LogP contribution < -0.4 is 4.90 Å². The first-order valence-electron chi connectivity index (χ1n) is 15.7. The van der Waals surface area contributed by atoms with E-state index in [1.807, 2.05) is 11.0 Å². The van der Waals surface area contributed by atoms with Crippen molar-refractivity contribution in [3.8, 4) is 0 Å². The molecule has 0 aromatic heterocycles. The number of aliphatic hydroxyl groups excluding tert-OH is 1. The summed E-state index contributed by atoms with van der Waals surface area (Å²) >= 11 is 0. The Balaban J connectivity index is 1.21. The Morgan fingerprint density at radius 2 is 1.80 bits per heavy atom. The van der Waals surface area contributed by atoms with E-state index in [-0.39, 0.29) is 11.3 Å². The lowest BCUT2D eigenvalue weighted by Crippen LogP contribution is -2.51. The molecule has 1 unspecified atom stereocenters. The summed E-state index contributed by atoms with van der Waals surface area (Å²) in [5.74, 6) is 0.0530. The highest BCUT2D eigenvalue weighted by Crippen LogP contribution is 2.37. The first kappa shape index (κ1) is 29.1. The maximum Gasteiger partial charge on any atom is 0.254 e. The largest absolute Gasteiger partial charge is 0.390 e. The summed E-state index contributed by atoms with van der Waals surface area (Å²) in [5, 5.41) is 11.1. The molecule has 40 heavy (non-hydrogen) atoms. The molecule has 1 amide bonds. The van der Waals surface area contributed by atoms with Crippen molar-refractivity contribution in [2.24, 2.45) is 0 Å². The van der Waals surface area contributed by atoms with Gasteiger partial charge in [0.25, 0.3) is 5.91 Å². The minimum Gasteiger partial charge on any atom is -0.390 e. The fourth-order valence-corrected chi connectivity index (χ4v) is 7.28. The number of piperidine rings is 1. The van der Waals surface area contributed by atoms with Gasteiger partial charge in [0.05, 0.1) is 6.10 Å². The average molecular weight is 547 g/mol. The molecular formula is C34H50N4O2. The molecule has 0 bridgehead atoms. The van der Waals surface area contributed by atoms with Gasteiger partial charge >= 0.3 is 0 Å². The van der Waals surface area contributed by atoms with Crippen molar-refractivity contribution in [2.75, 3.05) is 63.8 Å². The van der Waals surface area contributed by atoms with Crippen LogP contribution in [-0.4, -0.2) is 96.8 Å². The maximum atomic E-state index is 13.6. The van der Waals surface area contributed by atoms with Gasteiger partial charge in [0, 0.05) is 68.5 Å². The average Bonchev–Trinajstić information content (AvgIpc) is 3.19. The number of hydrogen-bond acceptors (Lipinski definition) is 5. The van der Waals surface area contributed by atoms with Crippen molar-refractivity contribution in [3.05, 3.63) is 64.8 Å². The fraction of sp³-hybridized carbons (Fsp3) is 0.618. The Kier molecular flexibility index (Phi) is 9.18. The number of hydrogen-bond donors (Lipinski definition) is 1. The van der Waals surface area contributed by atoms with Gasteiger partial charge in [-0.05, 0) is 80.1 Å². The van der Waals surface area contributed by atoms with Gasteiger partial charge in [-0.1, -0.05) is 52.0 Å². The quantitative estimate of drug-likeness (QED) is 0.473. The van der Waals surface area contributed by atoms with Crippen LogP contribution in [0, 0.1) is 0 Å². The molecule has 1 aliphatic carbocycles. The van der Waals surface area contributed by atoms with Gasteiger partial charge in [0.1, 0.15) is 0 Å². The zero-order valence-electron chi connectivity index (χ0n) is 25.2. The lowest BCUT2D eigenvalue weighted by Gasteiger charge is -2.42. The topological polar surface area (TPSA) is 50.3 Å². The van der Waals surface area contributed by atoms with Crippen LogP contribution in [0.3, 0.4) is 0 Å². The summed E-state index contributed by atoms with van der Waals surface area (Å²) < 4.78 is 0. The second-order valence-electron chi connectivity index (χ2n) is 12.9. The Hall–Kier alpha value is -2.41. The number of amides is 1. The van der Waals surface area contributed by atoms with E-state index in [0.29, 0.717) is 25.7 Å². The maximum absolute atomic E-state index is 13.6. The van der Waals surface area contributed by atoms with Crippen molar-refractivity contribution < 1.29 is 9.90 Å². The SMILES string of the molecule is CCCN(CC)C1CCN(c2ccc3c(c2)C(C)(C)CN(CC(O)CN2CCC4=C(C=CCC=C4)C2)C3=O)CC1. The zero-order chi connectivity index (χ0) is 28.3. The van der Waals surface area contributed by atoms with Gasteiger partial charge in [0.15, 0.2) is 0 Å². The molecule has 3 aliphatic heterocycles. The van der Waals surface area contributed by atoms with Crippen LogP contribution in [-0.2, 0) is 5.41 Å². The number of allylic oxidation sites excluding steroid dienone is 3. The molecule has 218 valence electrons. The predicted molar refractivity (Wildman–Crippen MR) is 165 cm³/mol. The molecule has 6 nitrogen and oxygen atoms in total. The minimum atomic E-state index is -0.565. The van der Waals surface area contributed by atoms with Crippen molar-refractivity contribution in [1.29, 1.82) is 0 Å². The van der Waals surface area contributed by atoms with Gasteiger partial charge in [-0.15, -0.1) is 0 Å². The van der Waals surface area contributed by atoms with Crippen LogP contribution in [0.15, 0.2) is 53.6 Å². The van der Waals surface area contributed by atoms with Crippen LogP contribution in [0.25, 0.3) is 0 Å². The zero-order valence-corrected chi connectivity index (χ0v) is 25.2. The third kappa shape index (κ3) is 6.40. The lowest BCUT2D eigenvalue weighted by molar-refractivity contribution is 0.0453. The second kappa shape index (κ2) is 12.6. The number of carbonyl (C=O) groups excluding carboxylic acids is 1. The lowest BCUT2D eigenvalue weighted by atomic mass is 9.77. The molecule has 5 rings (SSSR count). The van der Waals surface area contributed by atoms with E-state index < -0.39 is 6.10 Å². The molecule has 1 aromatic rings. The third-order valence-corrected chi connectivity index (χ3v) is 9.41. The Labute approximate surface area is 242 Å². The molecule has 0 radical (unpaired) electrons. The molecule has 1 saturated heterocycles. The molecule has 6 heteroatoms. The highest BCUT2D eigenvalue weighted by atomic mass is 16.3. The van der Waals surface area contributed by atoms with Crippen molar-refractivity contribution in [2.45, 2.75) is 77.4 Å². The molecule has 4 aliphatic rings. The molecule has 0 saturated carbocycles. The standard InChI is InChI=1S/C34H50N4O2/c1-5-17-36(6-2)28-15-19-37(20-16-28)29-12-13-31-32(21-29)34(3,4)25-38(33(31)40)24-30(39)23-35-18-14-26-10-8-7-9-11-27(26)22-35/h8-13,21,28,30,39H,5-7,14-20,22-25H2,1-4H3. The van der Waals surface area contributed by atoms with Gasteiger partial charge in [0.2, 0.25) is 0 Å². The van der Waals surface area contributed by atoms with Crippen LogP contribution in [0.2, 0.25) is 0 Å². The van der Waals surface area contributed by atoms with Gasteiger partial charge in [-0.2, -0.15) is 0 Å². The van der Waals surface area contributed by atoms with E-state index in [1.165, 1.54) is 42.6 Å². The molecule has 1 atom stereocenters. The summed E-state index contributed by atoms with van der Waals surface area (Å²) in [6, 6.07) is 7.14. The van der Waals surface area contributed by atoms with E-state index in [9.17, 15) is 9.90 Å². The number of benzene rings is 1. The number of fused-ring (bicyclic) bond motifs is 1.